The third kappa shape index (κ3) is 7.51. The highest BCUT2D eigenvalue weighted by atomic mass is 16.7. The van der Waals surface area contributed by atoms with Gasteiger partial charge in [-0.3, -0.25) is 0 Å². The molecule has 244 valence electrons. The highest BCUT2D eigenvalue weighted by Gasteiger charge is 2.51. The van der Waals surface area contributed by atoms with Crippen LogP contribution in [0.15, 0.2) is 36.4 Å². The monoisotopic (exact) mass is 626 g/mol. The number of carbonyl (C=O) groups is 1. The Labute approximate surface area is 253 Å². The number of carbonyl (C=O) groups excluding carboxylic acids is 1. The molecule has 15 nitrogen and oxygen atoms in total. The summed E-state index contributed by atoms with van der Waals surface area (Å²) in [4.78, 5) is 12.7. The van der Waals surface area contributed by atoms with Gasteiger partial charge in [-0.1, -0.05) is 12.1 Å². The molecule has 2 aromatic rings. The SMILES string of the molecule is COc1cc(C(=O)OC[C@@]2(O)CO[C@@H](OC[C@H]3O[C@@H](OCCc4ccc(O)cc4)[C@H](O)[C@@H](O)[C@@H]3O)[C@@H]2O)cc(OC)c1OC. The second-order valence-corrected chi connectivity index (χ2v) is 10.4. The molecule has 0 saturated carbocycles. The number of aliphatic hydroxyl groups excluding tert-OH is 4. The molecular weight excluding hydrogens is 588 g/mol. The Morgan fingerprint density at radius 2 is 1.57 bits per heavy atom. The van der Waals surface area contributed by atoms with Crippen LogP contribution in [0.4, 0.5) is 0 Å². The van der Waals surface area contributed by atoms with E-state index < -0.39 is 74.5 Å². The van der Waals surface area contributed by atoms with Gasteiger partial charge in [-0.15, -0.1) is 0 Å². The van der Waals surface area contributed by atoms with E-state index in [4.69, 9.17) is 37.9 Å². The second-order valence-electron chi connectivity index (χ2n) is 10.4. The first-order chi connectivity index (χ1) is 21.0. The van der Waals surface area contributed by atoms with Crippen molar-refractivity contribution in [3.05, 3.63) is 47.5 Å². The Morgan fingerprint density at radius 1 is 0.909 bits per heavy atom. The Morgan fingerprint density at radius 3 is 2.18 bits per heavy atom. The number of esters is 1. The maximum absolute atomic E-state index is 12.7. The van der Waals surface area contributed by atoms with Crippen LogP contribution in [0.1, 0.15) is 15.9 Å². The second kappa shape index (κ2) is 14.7. The highest BCUT2D eigenvalue weighted by molar-refractivity contribution is 5.91. The van der Waals surface area contributed by atoms with Gasteiger partial charge < -0.3 is 68.5 Å². The fourth-order valence-electron chi connectivity index (χ4n) is 4.73. The Bertz CT molecular complexity index is 1210. The third-order valence-corrected chi connectivity index (χ3v) is 7.36. The van der Waals surface area contributed by atoms with Crippen molar-refractivity contribution in [1.29, 1.82) is 0 Å². The lowest BCUT2D eigenvalue weighted by molar-refractivity contribution is -0.309. The van der Waals surface area contributed by atoms with E-state index in [0.29, 0.717) is 6.42 Å². The topological polar surface area (TPSA) is 212 Å². The van der Waals surface area contributed by atoms with Gasteiger partial charge in [-0.2, -0.15) is 0 Å². The molecule has 2 saturated heterocycles. The molecule has 44 heavy (non-hydrogen) atoms. The van der Waals surface area contributed by atoms with Crippen LogP contribution in [0.2, 0.25) is 0 Å². The molecule has 0 aromatic heterocycles. The molecule has 0 amide bonds. The summed E-state index contributed by atoms with van der Waals surface area (Å²) in [5.41, 5.74) is -1.15. The molecule has 0 aliphatic carbocycles. The molecule has 2 heterocycles. The van der Waals surface area contributed by atoms with E-state index in [0.717, 1.165) is 5.56 Å². The van der Waals surface area contributed by atoms with Gasteiger partial charge in [-0.25, -0.2) is 4.79 Å². The van der Waals surface area contributed by atoms with Crippen LogP contribution in [0.5, 0.6) is 23.0 Å². The molecule has 0 unspecified atom stereocenters. The summed E-state index contributed by atoms with van der Waals surface area (Å²) in [6.45, 7) is -1.45. The standard InChI is InChI=1S/C29H38O15/c1-37-18-10-16(11-19(38-2)24(18)39-3)26(35)42-13-29(36)14-43-28(25(29)34)41-12-20-21(31)22(32)23(33)27(44-20)40-9-8-15-4-6-17(30)7-5-15/h4-7,10-11,20-23,25,27-28,30-34,36H,8-9,12-14H2,1-3H3/t20-,21-,22+,23-,25+,27-,28-,29-/m1/s1. The van der Waals surface area contributed by atoms with Crippen molar-refractivity contribution >= 4 is 5.97 Å². The lowest BCUT2D eigenvalue weighted by atomic mass is 9.99. The summed E-state index contributed by atoms with van der Waals surface area (Å²) in [6, 6.07) is 9.19. The predicted octanol–water partition coefficient (Wildman–Crippen LogP) is -0.893. The van der Waals surface area contributed by atoms with Crippen molar-refractivity contribution in [1.82, 2.24) is 0 Å². The van der Waals surface area contributed by atoms with E-state index in [-0.39, 0.29) is 35.2 Å². The van der Waals surface area contributed by atoms with Gasteiger partial charge >= 0.3 is 5.97 Å². The van der Waals surface area contributed by atoms with Crippen LogP contribution in [-0.2, 0) is 30.1 Å². The first-order valence-electron chi connectivity index (χ1n) is 13.7. The zero-order valence-corrected chi connectivity index (χ0v) is 24.4. The maximum Gasteiger partial charge on any atom is 0.338 e. The number of benzene rings is 2. The molecule has 4 rings (SSSR count). The van der Waals surface area contributed by atoms with E-state index in [9.17, 15) is 35.4 Å². The molecule has 0 spiro atoms. The molecule has 2 aliphatic heterocycles. The number of phenols is 1. The zero-order valence-electron chi connectivity index (χ0n) is 24.4. The number of aromatic hydroxyl groups is 1. The Balaban J connectivity index is 1.30. The molecule has 15 heteroatoms. The summed E-state index contributed by atoms with van der Waals surface area (Å²) in [5, 5.41) is 62.2. The summed E-state index contributed by atoms with van der Waals surface area (Å²) >= 11 is 0. The largest absolute Gasteiger partial charge is 0.508 e. The van der Waals surface area contributed by atoms with Crippen LogP contribution >= 0.6 is 0 Å². The Kier molecular flexibility index (Phi) is 11.2. The van der Waals surface area contributed by atoms with E-state index in [1.807, 2.05) is 0 Å². The van der Waals surface area contributed by atoms with Crippen molar-refractivity contribution < 1.29 is 73.3 Å². The van der Waals surface area contributed by atoms with Crippen molar-refractivity contribution in [3.63, 3.8) is 0 Å². The summed E-state index contributed by atoms with van der Waals surface area (Å²) in [5.74, 6) is -0.0372. The lowest BCUT2D eigenvalue weighted by Crippen LogP contribution is -2.59. The zero-order chi connectivity index (χ0) is 32.0. The van der Waals surface area contributed by atoms with E-state index in [1.165, 1.54) is 45.6 Å². The minimum atomic E-state index is -2.04. The van der Waals surface area contributed by atoms with E-state index >= 15 is 0 Å². The molecule has 8 atom stereocenters. The van der Waals surface area contributed by atoms with E-state index in [1.54, 1.807) is 12.1 Å². The van der Waals surface area contributed by atoms with Crippen LogP contribution in [0.3, 0.4) is 0 Å². The number of phenolic OH excluding ortho intramolecular Hbond substituents is 1. The minimum Gasteiger partial charge on any atom is -0.508 e. The van der Waals surface area contributed by atoms with Crippen molar-refractivity contribution in [2.24, 2.45) is 0 Å². The fraction of sp³-hybridized carbons (Fsp3) is 0.552. The van der Waals surface area contributed by atoms with Crippen LogP contribution in [0.25, 0.3) is 0 Å². The van der Waals surface area contributed by atoms with Crippen LogP contribution < -0.4 is 14.2 Å². The number of methoxy groups -OCH3 is 3. The smallest absolute Gasteiger partial charge is 0.338 e. The highest BCUT2D eigenvalue weighted by Crippen LogP contribution is 2.38. The lowest BCUT2D eigenvalue weighted by Gasteiger charge is -2.40. The first-order valence-corrected chi connectivity index (χ1v) is 13.7. The number of hydrogen-bond donors (Lipinski definition) is 6. The predicted molar refractivity (Wildman–Crippen MR) is 147 cm³/mol. The van der Waals surface area contributed by atoms with E-state index in [2.05, 4.69) is 0 Å². The summed E-state index contributed by atoms with van der Waals surface area (Å²) in [6.07, 6.45) is -9.93. The van der Waals surface area contributed by atoms with Crippen LogP contribution in [-0.4, -0.2) is 133 Å². The van der Waals surface area contributed by atoms with Gasteiger partial charge in [0.15, 0.2) is 29.7 Å². The number of rotatable bonds is 13. The number of hydrogen-bond acceptors (Lipinski definition) is 15. The van der Waals surface area contributed by atoms with Gasteiger partial charge in [0.1, 0.15) is 42.9 Å². The molecule has 2 aliphatic rings. The van der Waals surface area contributed by atoms with Gasteiger partial charge in [0.25, 0.3) is 0 Å². The average Bonchev–Trinajstić information content (AvgIpc) is 3.32. The molecule has 2 aromatic carbocycles. The molecule has 0 bridgehead atoms. The summed E-state index contributed by atoms with van der Waals surface area (Å²) < 4.78 is 43.1. The quantitative estimate of drug-likeness (QED) is 0.149. The summed E-state index contributed by atoms with van der Waals surface area (Å²) in [7, 11) is 4.18. The first kappa shape index (κ1) is 33.6. The van der Waals surface area contributed by atoms with Gasteiger partial charge in [0.2, 0.25) is 5.75 Å². The minimum absolute atomic E-state index is 0.0355. The van der Waals surface area contributed by atoms with Gasteiger partial charge in [-0.05, 0) is 36.2 Å². The van der Waals surface area contributed by atoms with Gasteiger partial charge in [0, 0.05) is 0 Å². The van der Waals surface area contributed by atoms with Gasteiger partial charge in [0.05, 0.1) is 46.7 Å². The average molecular weight is 627 g/mol. The number of aliphatic hydroxyl groups is 5. The van der Waals surface area contributed by atoms with Crippen molar-refractivity contribution in [3.8, 4) is 23.0 Å². The Hall–Kier alpha value is -3.25. The third-order valence-electron chi connectivity index (χ3n) is 7.36. The van der Waals surface area contributed by atoms with Crippen LogP contribution in [0, 0.1) is 0 Å². The normalized spacial score (nSPS) is 30.1. The molecule has 6 N–H and O–H groups in total. The van der Waals surface area contributed by atoms with Crippen molar-refractivity contribution in [2.45, 2.75) is 55.1 Å². The number of ether oxygens (including phenoxy) is 8. The van der Waals surface area contributed by atoms with Crippen molar-refractivity contribution in [2.75, 3.05) is 47.8 Å². The molecule has 2 fully saturated rings. The molecular formula is C29H38O15. The maximum atomic E-state index is 12.7. The fourth-order valence-corrected chi connectivity index (χ4v) is 4.73. The molecule has 0 radical (unpaired) electrons.